The summed E-state index contributed by atoms with van der Waals surface area (Å²) in [6.07, 6.45) is 4.31. The molecular formula is C27H28N3OS3+. The molecule has 34 heavy (non-hydrogen) atoms. The van der Waals surface area contributed by atoms with Crippen LogP contribution in [0.3, 0.4) is 0 Å². The van der Waals surface area contributed by atoms with Gasteiger partial charge in [-0.15, -0.1) is 11.3 Å². The van der Waals surface area contributed by atoms with Crippen LogP contribution in [0, 0.1) is 20.8 Å². The number of benzene rings is 2. The van der Waals surface area contributed by atoms with Crippen molar-refractivity contribution in [2.24, 2.45) is 0 Å². The van der Waals surface area contributed by atoms with Gasteiger partial charge in [0.2, 0.25) is 0 Å². The smallest absolute Gasteiger partial charge is 0.271 e. The molecule has 1 aliphatic heterocycles. The third kappa shape index (κ3) is 4.06. The number of thiazole rings is 2. The van der Waals surface area contributed by atoms with Gasteiger partial charge in [-0.3, -0.25) is 9.36 Å². The molecule has 4 aromatic rings. The molecule has 7 heteroatoms. The van der Waals surface area contributed by atoms with Gasteiger partial charge in [0.15, 0.2) is 12.7 Å². The number of aromatic nitrogens is 2. The van der Waals surface area contributed by atoms with Crippen LogP contribution in [0.5, 0.6) is 0 Å². The lowest BCUT2D eigenvalue weighted by Crippen LogP contribution is -2.36. The number of thioether (sulfide) groups is 1. The van der Waals surface area contributed by atoms with Crippen LogP contribution in [-0.4, -0.2) is 11.6 Å². The zero-order valence-corrected chi connectivity index (χ0v) is 22.5. The highest BCUT2D eigenvalue weighted by Crippen LogP contribution is 2.45. The van der Waals surface area contributed by atoms with Crippen molar-refractivity contribution in [3.05, 3.63) is 94.8 Å². The summed E-state index contributed by atoms with van der Waals surface area (Å²) in [7, 11) is 2.06. The van der Waals surface area contributed by atoms with Crippen LogP contribution in [-0.2, 0) is 13.1 Å². The molecule has 0 atom stereocenters. The summed E-state index contributed by atoms with van der Waals surface area (Å²) in [5.41, 5.74) is 6.46. The fraction of sp³-hybridized carbons (Fsp3) is 0.259. The topological polar surface area (TPSA) is 29.1 Å². The van der Waals surface area contributed by atoms with Crippen molar-refractivity contribution in [3.63, 3.8) is 0 Å². The maximum atomic E-state index is 13.5. The minimum absolute atomic E-state index is 0.0930. The van der Waals surface area contributed by atoms with Gasteiger partial charge in [0.25, 0.3) is 10.6 Å². The highest BCUT2D eigenvalue weighted by molar-refractivity contribution is 8.08. The quantitative estimate of drug-likeness (QED) is 0.385. The second kappa shape index (κ2) is 9.21. The molecule has 5 rings (SSSR count). The number of hydrogen-bond acceptors (Lipinski definition) is 5. The molecule has 3 heterocycles. The van der Waals surface area contributed by atoms with E-state index in [1.54, 1.807) is 34.4 Å². The summed E-state index contributed by atoms with van der Waals surface area (Å²) in [6.45, 7) is 9.97. The Balaban J connectivity index is 1.61. The van der Waals surface area contributed by atoms with E-state index in [1.165, 1.54) is 27.1 Å². The Morgan fingerprint density at radius 2 is 1.85 bits per heavy atom. The van der Waals surface area contributed by atoms with Crippen molar-refractivity contribution in [2.45, 2.75) is 45.7 Å². The van der Waals surface area contributed by atoms with Gasteiger partial charge in [0, 0.05) is 24.1 Å². The molecule has 0 spiro atoms. The molecule has 0 amide bonds. The van der Waals surface area contributed by atoms with Gasteiger partial charge in [0.1, 0.15) is 14.2 Å². The van der Waals surface area contributed by atoms with Crippen molar-refractivity contribution < 1.29 is 4.57 Å². The highest BCUT2D eigenvalue weighted by atomic mass is 32.2. The Bertz CT molecular complexity index is 1560. The van der Waals surface area contributed by atoms with E-state index < -0.39 is 0 Å². The standard InChI is InChI=1S/C27H28N3OS3/c1-6-30-24(15-23-29(12-13-32-23)16-20-18(3)8-7-9-19(20)4)34-25(26(30)31)27-28(5)21-11-10-17(2)14-22(21)33-27/h7-15H,6,16H2,1-5H3/q+1/b27-25+. The van der Waals surface area contributed by atoms with E-state index >= 15 is 0 Å². The number of aryl methyl sites for hydroxylation is 3. The Morgan fingerprint density at radius 3 is 2.59 bits per heavy atom. The van der Waals surface area contributed by atoms with Crippen LogP contribution >= 0.6 is 34.4 Å². The monoisotopic (exact) mass is 506 g/mol. The molecule has 2 aromatic carbocycles. The van der Waals surface area contributed by atoms with Crippen molar-refractivity contribution in [1.82, 2.24) is 4.57 Å². The average Bonchev–Trinajstić information content (AvgIpc) is 3.47. The second-order valence-corrected chi connectivity index (χ2v) is 11.6. The third-order valence-electron chi connectivity index (χ3n) is 6.34. The van der Waals surface area contributed by atoms with Crippen LogP contribution in [0.25, 0.3) is 11.1 Å². The Kier molecular flexibility index (Phi) is 6.27. The summed E-state index contributed by atoms with van der Waals surface area (Å²) in [4.78, 5) is 16.8. The lowest BCUT2D eigenvalue weighted by Gasteiger charge is -2.12. The molecule has 0 saturated carbocycles. The lowest BCUT2D eigenvalue weighted by atomic mass is 10.0. The van der Waals surface area contributed by atoms with Crippen molar-refractivity contribution in [1.29, 1.82) is 0 Å². The zero-order chi connectivity index (χ0) is 24.0. The SMILES string of the molecule is CCn1c(=O)/c(=C2\Sc3cc(C)ccc3N2C)s/c1=C\c1scc[n+]1Cc1c(C)cccc1C. The summed E-state index contributed by atoms with van der Waals surface area (Å²) >= 11 is 5.00. The Hall–Kier alpha value is -2.61. The molecule has 0 bridgehead atoms. The molecular weight excluding hydrogens is 479 g/mol. The molecule has 0 saturated heterocycles. The van der Waals surface area contributed by atoms with E-state index in [9.17, 15) is 4.79 Å². The Labute approximate surface area is 212 Å². The maximum Gasteiger partial charge on any atom is 0.271 e. The molecule has 4 nitrogen and oxygen atoms in total. The fourth-order valence-corrected chi connectivity index (χ4v) is 7.78. The van der Waals surface area contributed by atoms with Gasteiger partial charge in [-0.25, -0.2) is 0 Å². The summed E-state index contributed by atoms with van der Waals surface area (Å²) in [5, 5.41) is 4.29. The largest absolute Gasteiger partial charge is 0.337 e. The average molecular weight is 507 g/mol. The number of nitrogens with zero attached hydrogens (tertiary/aromatic N) is 3. The normalized spacial score (nSPS) is 15.3. The summed E-state index contributed by atoms with van der Waals surface area (Å²) < 4.78 is 5.99. The van der Waals surface area contributed by atoms with Crippen molar-refractivity contribution in [3.8, 4) is 0 Å². The van der Waals surface area contributed by atoms with Crippen LogP contribution in [0.4, 0.5) is 5.69 Å². The molecule has 0 aliphatic carbocycles. The first kappa shape index (κ1) is 23.1. The van der Waals surface area contributed by atoms with Crippen LogP contribution < -0.4 is 24.2 Å². The molecule has 0 radical (unpaired) electrons. The number of fused-ring (bicyclic) bond motifs is 1. The van der Waals surface area contributed by atoms with Gasteiger partial charge >= 0.3 is 0 Å². The predicted molar refractivity (Wildman–Crippen MR) is 145 cm³/mol. The van der Waals surface area contributed by atoms with Crippen LogP contribution in [0.2, 0.25) is 0 Å². The fourth-order valence-electron chi connectivity index (χ4n) is 4.37. The molecule has 2 aromatic heterocycles. The third-order valence-corrected chi connectivity index (χ3v) is 9.66. The summed E-state index contributed by atoms with van der Waals surface area (Å²) in [6, 6.07) is 12.9. The predicted octanol–water partition coefficient (Wildman–Crippen LogP) is 4.39. The molecule has 0 N–H and O–H groups in total. The van der Waals surface area contributed by atoms with E-state index in [0.29, 0.717) is 6.54 Å². The minimum Gasteiger partial charge on any atom is -0.337 e. The maximum absolute atomic E-state index is 13.5. The van der Waals surface area contributed by atoms with Crippen molar-refractivity contribution >= 4 is 51.2 Å². The molecule has 0 unspecified atom stereocenters. The first-order valence-electron chi connectivity index (χ1n) is 11.4. The van der Waals surface area contributed by atoms with E-state index in [2.05, 4.69) is 91.3 Å². The van der Waals surface area contributed by atoms with Gasteiger partial charge in [0.05, 0.1) is 17.1 Å². The number of hydrogen-bond donors (Lipinski definition) is 0. The zero-order valence-electron chi connectivity index (χ0n) is 20.1. The highest BCUT2D eigenvalue weighted by Gasteiger charge is 2.25. The van der Waals surface area contributed by atoms with E-state index in [1.807, 2.05) is 11.5 Å². The van der Waals surface area contributed by atoms with Crippen molar-refractivity contribution in [2.75, 3.05) is 11.9 Å². The second-order valence-electron chi connectivity index (χ2n) is 8.64. The van der Waals surface area contributed by atoms with Gasteiger partial charge in [-0.05, 0) is 56.5 Å². The first-order valence-corrected chi connectivity index (χ1v) is 13.9. The number of anilines is 1. The number of rotatable bonds is 4. The van der Waals surface area contributed by atoms with Gasteiger partial charge in [-0.1, -0.05) is 47.4 Å². The molecule has 0 fully saturated rings. The Morgan fingerprint density at radius 1 is 1.09 bits per heavy atom. The molecule has 1 aliphatic rings. The minimum atomic E-state index is 0.0930. The van der Waals surface area contributed by atoms with Crippen LogP contribution in [0.1, 0.15) is 34.2 Å². The lowest BCUT2D eigenvalue weighted by molar-refractivity contribution is -0.685. The van der Waals surface area contributed by atoms with E-state index in [4.69, 9.17) is 0 Å². The summed E-state index contributed by atoms with van der Waals surface area (Å²) in [5.74, 6) is 0. The first-order chi connectivity index (χ1) is 16.4. The van der Waals surface area contributed by atoms with E-state index in [0.717, 1.165) is 31.5 Å². The van der Waals surface area contributed by atoms with E-state index in [-0.39, 0.29) is 5.56 Å². The molecule has 174 valence electrons. The van der Waals surface area contributed by atoms with Gasteiger partial charge in [-0.2, -0.15) is 4.57 Å². The van der Waals surface area contributed by atoms with Gasteiger partial charge < -0.3 is 4.90 Å². The van der Waals surface area contributed by atoms with Crippen LogP contribution in [0.15, 0.2) is 57.7 Å².